The van der Waals surface area contributed by atoms with E-state index in [2.05, 4.69) is 23.6 Å². The Bertz CT molecular complexity index is 579. The van der Waals surface area contributed by atoms with Crippen molar-refractivity contribution in [2.24, 2.45) is 5.92 Å². The highest BCUT2D eigenvalue weighted by Crippen LogP contribution is 2.27. The number of halogens is 1. The molecule has 1 fully saturated rings. The van der Waals surface area contributed by atoms with Gasteiger partial charge in [0.25, 0.3) is 0 Å². The highest BCUT2D eigenvalue weighted by Gasteiger charge is 2.27. The lowest BCUT2D eigenvalue weighted by Gasteiger charge is -2.27. The van der Waals surface area contributed by atoms with E-state index in [0.717, 1.165) is 31.5 Å². The molecule has 0 spiro atoms. The van der Waals surface area contributed by atoms with Crippen molar-refractivity contribution >= 4 is 29.9 Å². The number of carbonyl (C=O) groups excluding carboxylic acids is 2. The van der Waals surface area contributed by atoms with Crippen molar-refractivity contribution in [3.63, 3.8) is 0 Å². The summed E-state index contributed by atoms with van der Waals surface area (Å²) < 4.78 is 0. The molecule has 0 unspecified atom stereocenters. The Morgan fingerprint density at radius 3 is 2.91 bits per heavy atom. The van der Waals surface area contributed by atoms with E-state index in [1.54, 1.807) is 4.90 Å². The molecule has 23 heavy (non-hydrogen) atoms. The van der Waals surface area contributed by atoms with Crippen molar-refractivity contribution in [1.82, 2.24) is 10.6 Å². The van der Waals surface area contributed by atoms with Gasteiger partial charge >= 0.3 is 0 Å². The Balaban J connectivity index is 0.00000192. The van der Waals surface area contributed by atoms with Crippen molar-refractivity contribution in [1.29, 1.82) is 0 Å². The number of anilines is 1. The first kappa shape index (κ1) is 17.8. The Morgan fingerprint density at radius 2 is 2.13 bits per heavy atom. The number of hydrogen-bond donors (Lipinski definition) is 2. The third-order valence-electron chi connectivity index (χ3n) is 4.60. The van der Waals surface area contributed by atoms with E-state index in [1.165, 1.54) is 5.56 Å². The molecular weight excluding hydrogens is 314 g/mol. The van der Waals surface area contributed by atoms with Gasteiger partial charge < -0.3 is 15.5 Å². The minimum atomic E-state index is -0.0275. The number of para-hydroxylation sites is 1. The Morgan fingerprint density at radius 1 is 1.35 bits per heavy atom. The lowest BCUT2D eigenvalue weighted by molar-refractivity contribution is -0.128. The van der Waals surface area contributed by atoms with Crippen molar-refractivity contribution in [2.75, 3.05) is 24.5 Å². The number of benzene rings is 1. The molecular formula is C17H24ClN3O2. The highest BCUT2D eigenvalue weighted by atomic mass is 35.5. The van der Waals surface area contributed by atoms with Crippen molar-refractivity contribution < 1.29 is 9.59 Å². The zero-order chi connectivity index (χ0) is 15.5. The van der Waals surface area contributed by atoms with E-state index in [-0.39, 0.29) is 36.7 Å². The molecule has 5 nitrogen and oxygen atoms in total. The topological polar surface area (TPSA) is 61.4 Å². The van der Waals surface area contributed by atoms with Crippen LogP contribution >= 0.6 is 12.4 Å². The summed E-state index contributed by atoms with van der Waals surface area (Å²) in [5.74, 6) is 0.00405. The number of piperidine rings is 1. The Labute approximate surface area is 143 Å². The highest BCUT2D eigenvalue weighted by molar-refractivity contribution is 5.98. The normalized spacial score (nSPS) is 22.9. The zero-order valence-electron chi connectivity index (χ0n) is 13.4. The van der Waals surface area contributed by atoms with Crippen LogP contribution in [0.5, 0.6) is 0 Å². The molecule has 2 aliphatic rings. The van der Waals surface area contributed by atoms with Crippen LogP contribution in [0.15, 0.2) is 24.3 Å². The van der Waals surface area contributed by atoms with Crippen LogP contribution < -0.4 is 15.5 Å². The molecule has 2 atom stereocenters. The van der Waals surface area contributed by atoms with Gasteiger partial charge in [-0.1, -0.05) is 18.2 Å². The molecule has 2 aliphatic heterocycles. The standard InChI is InChI=1S/C17H23N3O2.ClH/c1-12-10-14(6-8-18-12)17(22)19-11-16(21)20-9-7-13-4-2-3-5-15(13)20;/h2-5,12,14,18H,6-11H2,1H3,(H,19,22);1H/t12-,14-;/m0./s1. The van der Waals surface area contributed by atoms with Crippen LogP contribution in [0.1, 0.15) is 25.3 Å². The quantitative estimate of drug-likeness (QED) is 0.878. The van der Waals surface area contributed by atoms with Crippen LogP contribution in [0.4, 0.5) is 5.69 Å². The summed E-state index contributed by atoms with van der Waals surface area (Å²) >= 11 is 0. The van der Waals surface area contributed by atoms with Gasteiger partial charge in [0, 0.05) is 24.2 Å². The summed E-state index contributed by atoms with van der Waals surface area (Å²) in [7, 11) is 0. The molecule has 1 aromatic carbocycles. The van der Waals surface area contributed by atoms with Gasteiger partial charge in [-0.05, 0) is 44.4 Å². The second-order valence-electron chi connectivity index (χ2n) is 6.22. The molecule has 6 heteroatoms. The largest absolute Gasteiger partial charge is 0.347 e. The first-order chi connectivity index (χ1) is 10.6. The van der Waals surface area contributed by atoms with Gasteiger partial charge in [-0.15, -0.1) is 12.4 Å². The van der Waals surface area contributed by atoms with Crippen LogP contribution in [-0.4, -0.2) is 37.5 Å². The van der Waals surface area contributed by atoms with Gasteiger partial charge in [0.15, 0.2) is 0 Å². The van der Waals surface area contributed by atoms with E-state index in [0.29, 0.717) is 12.6 Å². The van der Waals surface area contributed by atoms with E-state index in [4.69, 9.17) is 0 Å². The molecule has 1 saturated heterocycles. The molecule has 0 saturated carbocycles. The van der Waals surface area contributed by atoms with Crippen molar-refractivity contribution in [3.8, 4) is 0 Å². The number of fused-ring (bicyclic) bond motifs is 1. The minimum absolute atomic E-state index is 0. The fourth-order valence-corrected chi connectivity index (χ4v) is 3.37. The van der Waals surface area contributed by atoms with Gasteiger partial charge in [-0.2, -0.15) is 0 Å². The van der Waals surface area contributed by atoms with Gasteiger partial charge in [0.1, 0.15) is 0 Å². The molecule has 0 aliphatic carbocycles. The molecule has 3 rings (SSSR count). The fourth-order valence-electron chi connectivity index (χ4n) is 3.37. The summed E-state index contributed by atoms with van der Waals surface area (Å²) in [6.45, 7) is 3.75. The van der Waals surface area contributed by atoms with Crippen LogP contribution in [0.2, 0.25) is 0 Å². The summed E-state index contributed by atoms with van der Waals surface area (Å²) in [6.07, 6.45) is 2.57. The summed E-state index contributed by atoms with van der Waals surface area (Å²) in [5, 5.41) is 6.15. The molecule has 2 N–H and O–H groups in total. The summed E-state index contributed by atoms with van der Waals surface area (Å²) in [6, 6.07) is 8.33. The number of nitrogens with one attached hydrogen (secondary N) is 2. The third kappa shape index (κ3) is 4.03. The van der Waals surface area contributed by atoms with Crippen LogP contribution in [0.25, 0.3) is 0 Å². The summed E-state index contributed by atoms with van der Waals surface area (Å²) in [4.78, 5) is 26.3. The molecule has 1 aromatic rings. The monoisotopic (exact) mass is 337 g/mol. The number of hydrogen-bond acceptors (Lipinski definition) is 3. The second-order valence-corrected chi connectivity index (χ2v) is 6.22. The number of carbonyl (C=O) groups is 2. The van der Waals surface area contributed by atoms with E-state index < -0.39 is 0 Å². The number of rotatable bonds is 3. The Hall–Kier alpha value is -1.59. The molecule has 0 bridgehead atoms. The van der Waals surface area contributed by atoms with E-state index in [1.807, 2.05) is 18.2 Å². The molecule has 2 heterocycles. The minimum Gasteiger partial charge on any atom is -0.347 e. The first-order valence-corrected chi connectivity index (χ1v) is 8.04. The first-order valence-electron chi connectivity index (χ1n) is 8.04. The Kier molecular flexibility index (Phi) is 6.02. The molecule has 2 amide bonds. The zero-order valence-corrected chi connectivity index (χ0v) is 14.2. The van der Waals surface area contributed by atoms with Crippen LogP contribution in [0.3, 0.4) is 0 Å². The van der Waals surface area contributed by atoms with E-state index in [9.17, 15) is 9.59 Å². The van der Waals surface area contributed by atoms with Crippen LogP contribution in [-0.2, 0) is 16.0 Å². The number of nitrogens with zero attached hydrogens (tertiary/aromatic N) is 1. The maximum absolute atomic E-state index is 12.4. The maximum atomic E-state index is 12.4. The lowest BCUT2D eigenvalue weighted by Crippen LogP contribution is -2.45. The van der Waals surface area contributed by atoms with Crippen molar-refractivity contribution in [2.45, 2.75) is 32.2 Å². The predicted molar refractivity (Wildman–Crippen MR) is 92.9 cm³/mol. The number of amides is 2. The van der Waals surface area contributed by atoms with Crippen molar-refractivity contribution in [3.05, 3.63) is 29.8 Å². The summed E-state index contributed by atoms with van der Waals surface area (Å²) in [5.41, 5.74) is 2.19. The van der Waals surface area contributed by atoms with Gasteiger partial charge in [0.2, 0.25) is 11.8 Å². The smallest absolute Gasteiger partial charge is 0.246 e. The van der Waals surface area contributed by atoms with E-state index >= 15 is 0 Å². The van der Waals surface area contributed by atoms with Gasteiger partial charge in [0.05, 0.1) is 6.54 Å². The third-order valence-corrected chi connectivity index (χ3v) is 4.60. The molecule has 0 aromatic heterocycles. The van der Waals surface area contributed by atoms with Crippen LogP contribution in [0, 0.1) is 5.92 Å². The van der Waals surface area contributed by atoms with Gasteiger partial charge in [-0.3, -0.25) is 9.59 Å². The average Bonchev–Trinajstić information content (AvgIpc) is 2.96. The fraction of sp³-hybridized carbons (Fsp3) is 0.529. The lowest BCUT2D eigenvalue weighted by atomic mass is 9.92. The maximum Gasteiger partial charge on any atom is 0.246 e. The second kappa shape index (κ2) is 7.79. The predicted octanol–water partition coefficient (Wildman–Crippen LogP) is 1.50. The average molecular weight is 338 g/mol. The molecule has 0 radical (unpaired) electrons. The SMILES string of the molecule is C[C@H]1C[C@@H](C(=O)NCC(=O)N2CCc3ccccc32)CCN1.Cl. The van der Waals surface area contributed by atoms with Gasteiger partial charge in [-0.25, -0.2) is 0 Å². The molecule has 126 valence electrons.